The molecule has 4 heterocycles. The van der Waals surface area contributed by atoms with Crippen LogP contribution in [0.1, 0.15) is 38.1 Å². The SMILES string of the molecule is CC(C)CC1ON(C(=O)/C=C/c2nc3cc(O)ccc3s2)C2CN(C3CN(CCCCOP(O)O)C3)C(=O)CN2C1=O. The molecule has 1 aromatic heterocycles. The highest BCUT2D eigenvalue weighted by Gasteiger charge is 2.50. The van der Waals surface area contributed by atoms with E-state index in [0.29, 0.717) is 36.5 Å². The number of aromatic hydroxyl groups is 1. The minimum Gasteiger partial charge on any atom is -0.508 e. The fourth-order valence-electron chi connectivity index (χ4n) is 5.43. The van der Waals surface area contributed by atoms with Gasteiger partial charge < -0.3 is 29.2 Å². The third-order valence-corrected chi connectivity index (χ3v) is 8.94. The van der Waals surface area contributed by atoms with Gasteiger partial charge in [0, 0.05) is 25.2 Å². The maximum Gasteiger partial charge on any atom is 0.327 e. The highest BCUT2D eigenvalue weighted by atomic mass is 32.1. The Balaban J connectivity index is 1.25. The number of aromatic nitrogens is 1. The second kappa shape index (κ2) is 13.3. The summed E-state index contributed by atoms with van der Waals surface area (Å²) in [7, 11) is -2.33. The third-order valence-electron chi connectivity index (χ3n) is 7.53. The maximum atomic E-state index is 13.5. The number of fused-ring (bicyclic) bond motifs is 2. The smallest absolute Gasteiger partial charge is 0.327 e. The lowest BCUT2D eigenvalue weighted by molar-refractivity contribution is -0.270. The zero-order chi connectivity index (χ0) is 30.0. The van der Waals surface area contributed by atoms with Crippen molar-refractivity contribution < 1.29 is 38.6 Å². The molecule has 42 heavy (non-hydrogen) atoms. The Morgan fingerprint density at radius 2 is 2.00 bits per heavy atom. The molecule has 1 aromatic carbocycles. The second-order valence-corrected chi connectivity index (χ2v) is 13.0. The average Bonchev–Trinajstić information content (AvgIpc) is 3.31. The molecule has 3 aliphatic rings. The predicted octanol–water partition coefficient (Wildman–Crippen LogP) is 1.89. The molecule has 3 N–H and O–H groups in total. The minimum atomic E-state index is -2.33. The molecule has 0 spiro atoms. The molecule has 3 fully saturated rings. The van der Waals surface area contributed by atoms with E-state index < -0.39 is 26.8 Å². The summed E-state index contributed by atoms with van der Waals surface area (Å²) in [4.78, 5) is 73.6. The highest BCUT2D eigenvalue weighted by Crippen LogP contribution is 2.30. The van der Waals surface area contributed by atoms with Crippen LogP contribution >= 0.6 is 19.9 Å². The van der Waals surface area contributed by atoms with E-state index in [9.17, 15) is 19.5 Å². The number of phenolic OH excluding ortho intramolecular Hbond substituents is 1. The quantitative estimate of drug-likeness (QED) is 0.192. The first-order chi connectivity index (χ1) is 20.1. The Labute approximate surface area is 248 Å². The Morgan fingerprint density at radius 1 is 1.21 bits per heavy atom. The van der Waals surface area contributed by atoms with E-state index in [1.54, 1.807) is 29.2 Å². The van der Waals surface area contributed by atoms with Gasteiger partial charge in [-0.3, -0.25) is 24.1 Å². The van der Waals surface area contributed by atoms with Gasteiger partial charge in [0.05, 0.1) is 29.4 Å². The van der Waals surface area contributed by atoms with E-state index in [4.69, 9.17) is 19.1 Å². The lowest BCUT2D eigenvalue weighted by Gasteiger charge is -2.53. The van der Waals surface area contributed by atoms with E-state index in [-0.39, 0.29) is 49.2 Å². The first-order valence-electron chi connectivity index (χ1n) is 14.0. The summed E-state index contributed by atoms with van der Waals surface area (Å²) in [6.45, 7) is 6.41. The zero-order valence-electron chi connectivity index (χ0n) is 23.5. The number of piperazine rings is 1. The summed E-state index contributed by atoms with van der Waals surface area (Å²) in [6.07, 6.45) is 3.28. The Morgan fingerprint density at radius 3 is 2.74 bits per heavy atom. The van der Waals surface area contributed by atoms with E-state index >= 15 is 0 Å². The normalized spacial score (nSPS) is 22.2. The van der Waals surface area contributed by atoms with Crippen LogP contribution in [0.3, 0.4) is 0 Å². The van der Waals surface area contributed by atoms with Crippen LogP contribution in [-0.4, -0.2) is 115 Å². The average molecular weight is 622 g/mol. The molecule has 0 saturated carbocycles. The monoisotopic (exact) mass is 621 g/mol. The number of benzene rings is 1. The van der Waals surface area contributed by atoms with Crippen LogP contribution in [0.25, 0.3) is 16.3 Å². The Bertz CT molecular complexity index is 1330. The van der Waals surface area contributed by atoms with Gasteiger partial charge in [-0.25, -0.2) is 4.98 Å². The topological polar surface area (TPSA) is 156 Å². The zero-order valence-corrected chi connectivity index (χ0v) is 25.2. The highest BCUT2D eigenvalue weighted by molar-refractivity contribution is 7.39. The van der Waals surface area contributed by atoms with Crippen molar-refractivity contribution in [1.82, 2.24) is 24.7 Å². The number of phenols is 1. The standard InChI is InChI=1S/C27H36N5O8PS/c1-17(2)11-21-27(36)31-16-26(35)30(18-13-29(14-18)9-3-4-10-39-41(37)38)15-24(31)32(40-21)25(34)8-7-23-28-20-12-19(33)5-6-22(20)42-23/h5-8,12,17-18,21,24,33,37-38H,3-4,9-11,13-16H2,1-2H3/b8-7+. The second-order valence-electron chi connectivity index (χ2n) is 11.1. The fourth-order valence-corrected chi connectivity index (χ4v) is 6.57. The van der Waals surface area contributed by atoms with E-state index in [1.165, 1.54) is 27.4 Å². The number of nitrogens with zero attached hydrogens (tertiary/aromatic N) is 5. The molecule has 3 aliphatic heterocycles. The molecular weight excluding hydrogens is 585 g/mol. The molecular formula is C27H36N5O8PS. The molecule has 0 radical (unpaired) electrons. The van der Waals surface area contributed by atoms with Gasteiger partial charge in [-0.2, -0.15) is 5.06 Å². The Hall–Kier alpha value is -2.71. The largest absolute Gasteiger partial charge is 0.508 e. The van der Waals surface area contributed by atoms with Gasteiger partial charge in [0.25, 0.3) is 11.8 Å². The van der Waals surface area contributed by atoms with Crippen molar-refractivity contribution in [2.24, 2.45) is 5.92 Å². The van der Waals surface area contributed by atoms with Gasteiger partial charge in [0.15, 0.2) is 12.3 Å². The number of hydrogen-bond donors (Lipinski definition) is 3. The van der Waals surface area contributed by atoms with E-state index in [2.05, 4.69) is 9.88 Å². The van der Waals surface area contributed by atoms with Gasteiger partial charge in [-0.15, -0.1) is 11.3 Å². The van der Waals surface area contributed by atoms with E-state index in [0.717, 1.165) is 17.7 Å². The summed E-state index contributed by atoms with van der Waals surface area (Å²) < 4.78 is 5.67. The van der Waals surface area contributed by atoms with Crippen LogP contribution in [-0.2, 0) is 23.7 Å². The van der Waals surface area contributed by atoms with Crippen molar-refractivity contribution >= 4 is 54.0 Å². The summed E-state index contributed by atoms with van der Waals surface area (Å²) in [5.74, 6) is -0.631. The van der Waals surface area contributed by atoms with Crippen LogP contribution in [0.15, 0.2) is 24.3 Å². The molecule has 2 unspecified atom stereocenters. The molecule has 228 valence electrons. The fraction of sp³-hybridized carbons (Fsp3) is 0.556. The van der Waals surface area contributed by atoms with Crippen LogP contribution in [0.2, 0.25) is 0 Å². The molecule has 0 bridgehead atoms. The number of rotatable bonds is 11. The number of hydrogen-bond acceptors (Lipinski definition) is 11. The lowest BCUT2D eigenvalue weighted by atomic mass is 10.0. The maximum absolute atomic E-state index is 13.5. The first kappa shape index (κ1) is 30.7. The van der Waals surface area contributed by atoms with Gasteiger partial charge >= 0.3 is 8.60 Å². The molecule has 3 saturated heterocycles. The van der Waals surface area contributed by atoms with Crippen LogP contribution < -0.4 is 0 Å². The van der Waals surface area contributed by atoms with Crippen LogP contribution in [0, 0.1) is 5.92 Å². The minimum absolute atomic E-state index is 0.0335. The van der Waals surface area contributed by atoms with Gasteiger partial charge in [-0.1, -0.05) is 13.8 Å². The number of thiazole rings is 1. The van der Waals surface area contributed by atoms with Crippen molar-refractivity contribution in [3.63, 3.8) is 0 Å². The number of unbranched alkanes of at least 4 members (excludes halogenated alkanes) is 1. The first-order valence-corrected chi connectivity index (χ1v) is 16.0. The van der Waals surface area contributed by atoms with Crippen LogP contribution in [0.4, 0.5) is 0 Å². The van der Waals surface area contributed by atoms with Crippen molar-refractivity contribution in [1.29, 1.82) is 0 Å². The molecule has 2 aromatic rings. The van der Waals surface area contributed by atoms with Crippen molar-refractivity contribution in [2.45, 2.75) is 51.4 Å². The number of carbonyl (C=O) groups is 3. The summed E-state index contributed by atoms with van der Waals surface area (Å²) in [5.41, 5.74) is 0.629. The molecule has 5 rings (SSSR count). The van der Waals surface area contributed by atoms with Gasteiger partial charge in [-0.05, 0) is 49.9 Å². The Kier molecular flexibility index (Phi) is 9.73. The molecule has 13 nitrogen and oxygen atoms in total. The van der Waals surface area contributed by atoms with Crippen molar-refractivity contribution in [3.05, 3.63) is 29.3 Å². The third kappa shape index (κ3) is 7.08. The summed E-state index contributed by atoms with van der Waals surface area (Å²) in [6, 6.07) is 4.88. The van der Waals surface area contributed by atoms with Crippen LogP contribution in [0.5, 0.6) is 5.75 Å². The van der Waals surface area contributed by atoms with Gasteiger partial charge in [0.1, 0.15) is 17.3 Å². The summed E-state index contributed by atoms with van der Waals surface area (Å²) >= 11 is 1.38. The van der Waals surface area contributed by atoms with Crippen molar-refractivity contribution in [3.8, 4) is 5.75 Å². The summed E-state index contributed by atoms with van der Waals surface area (Å²) in [5, 5.41) is 11.5. The number of amides is 3. The van der Waals surface area contributed by atoms with Crippen molar-refractivity contribution in [2.75, 3.05) is 39.3 Å². The van der Waals surface area contributed by atoms with E-state index in [1.807, 2.05) is 13.8 Å². The number of hydroxylamine groups is 2. The molecule has 2 atom stereocenters. The lowest BCUT2D eigenvalue weighted by Crippen LogP contribution is -2.73. The van der Waals surface area contributed by atoms with Gasteiger partial charge in [0.2, 0.25) is 5.91 Å². The molecule has 15 heteroatoms. The number of carbonyl (C=O) groups excluding carboxylic acids is 3. The number of likely N-dealkylation sites (tertiary alicyclic amines) is 1. The molecule has 0 aliphatic carbocycles. The molecule has 3 amide bonds. The predicted molar refractivity (Wildman–Crippen MR) is 155 cm³/mol.